The van der Waals surface area contributed by atoms with E-state index in [0.29, 0.717) is 11.1 Å². The Morgan fingerprint density at radius 1 is 1.50 bits per heavy atom. The number of carbonyl (C=O) groups excluding carboxylic acids is 1. The van der Waals surface area contributed by atoms with Crippen molar-refractivity contribution in [3.63, 3.8) is 0 Å². The molecule has 1 aromatic rings. The van der Waals surface area contributed by atoms with E-state index >= 15 is 0 Å². The van der Waals surface area contributed by atoms with E-state index in [1.165, 1.54) is 0 Å². The molecule has 0 aliphatic heterocycles. The highest BCUT2D eigenvalue weighted by molar-refractivity contribution is 5.74. The van der Waals surface area contributed by atoms with Gasteiger partial charge in [-0.1, -0.05) is 30.8 Å². The first-order chi connectivity index (χ1) is 6.69. The Labute approximate surface area is 83.2 Å². The minimum Gasteiger partial charge on any atom is -0.383 e. The Hall–Kier alpha value is -1.63. The number of benzene rings is 1. The first-order valence-corrected chi connectivity index (χ1v) is 4.28. The van der Waals surface area contributed by atoms with Gasteiger partial charge in [0.1, 0.15) is 12.4 Å². The summed E-state index contributed by atoms with van der Waals surface area (Å²) in [6.45, 7) is 5.22. The van der Waals surface area contributed by atoms with Gasteiger partial charge in [-0.05, 0) is 12.5 Å². The largest absolute Gasteiger partial charge is 0.383 e. The van der Waals surface area contributed by atoms with E-state index < -0.39 is 6.10 Å². The molecule has 0 spiro atoms. The van der Waals surface area contributed by atoms with Gasteiger partial charge in [-0.15, -0.1) is 5.73 Å². The lowest BCUT2D eigenvalue weighted by Crippen LogP contribution is -1.98. The summed E-state index contributed by atoms with van der Waals surface area (Å²) in [6.07, 6.45) is 0.0833. The summed E-state index contributed by atoms with van der Waals surface area (Å²) in [5, 5.41) is 9.72. The number of aliphatic hydroxyl groups is 1. The van der Waals surface area contributed by atoms with Crippen molar-refractivity contribution in [2.45, 2.75) is 13.0 Å². The average Bonchev–Trinajstić information content (AvgIpc) is 2.27. The molecule has 0 saturated heterocycles. The molecule has 14 heavy (non-hydrogen) atoms. The second kappa shape index (κ2) is 4.56. The summed E-state index contributed by atoms with van der Waals surface area (Å²) in [5.74, 6) is 0. The summed E-state index contributed by atoms with van der Waals surface area (Å²) in [4.78, 5) is 10.4. The molecule has 0 aromatic heterocycles. The van der Waals surface area contributed by atoms with Crippen LogP contribution in [-0.4, -0.2) is 11.4 Å². The Morgan fingerprint density at radius 3 is 2.50 bits per heavy atom. The molecular formula is C12H12O2. The molecule has 1 atom stereocenters. The number of aliphatic hydroxyl groups excluding tert-OH is 1. The SMILES string of the molecule is C=C=C(C)C(O)c1ccc(C=O)cc1. The third-order valence-corrected chi connectivity index (χ3v) is 2.08. The normalized spacial score (nSPS) is 11.6. The van der Waals surface area contributed by atoms with Gasteiger partial charge in [0.2, 0.25) is 0 Å². The van der Waals surface area contributed by atoms with Gasteiger partial charge in [0, 0.05) is 11.1 Å². The van der Waals surface area contributed by atoms with Crippen LogP contribution in [0.5, 0.6) is 0 Å². The first kappa shape index (κ1) is 10.5. The van der Waals surface area contributed by atoms with Crippen LogP contribution >= 0.6 is 0 Å². The Morgan fingerprint density at radius 2 is 2.07 bits per heavy atom. The van der Waals surface area contributed by atoms with Crippen molar-refractivity contribution in [2.24, 2.45) is 0 Å². The molecule has 72 valence electrons. The molecule has 0 radical (unpaired) electrons. The topological polar surface area (TPSA) is 37.3 Å². The third-order valence-electron chi connectivity index (χ3n) is 2.08. The molecule has 2 heteroatoms. The molecule has 1 unspecified atom stereocenters. The molecule has 0 fully saturated rings. The van der Waals surface area contributed by atoms with Gasteiger partial charge in [-0.3, -0.25) is 4.79 Å². The van der Waals surface area contributed by atoms with Crippen molar-refractivity contribution in [2.75, 3.05) is 0 Å². The van der Waals surface area contributed by atoms with Crippen molar-refractivity contribution in [3.8, 4) is 0 Å². The van der Waals surface area contributed by atoms with Crippen LogP contribution in [-0.2, 0) is 0 Å². The fourth-order valence-electron chi connectivity index (χ4n) is 1.10. The smallest absolute Gasteiger partial charge is 0.150 e. The van der Waals surface area contributed by atoms with Crippen LogP contribution in [0.4, 0.5) is 0 Å². The number of hydrogen-bond acceptors (Lipinski definition) is 2. The lowest BCUT2D eigenvalue weighted by atomic mass is 10.0. The Balaban J connectivity index is 2.97. The van der Waals surface area contributed by atoms with Crippen LogP contribution in [0.3, 0.4) is 0 Å². The maximum atomic E-state index is 10.4. The van der Waals surface area contributed by atoms with E-state index in [-0.39, 0.29) is 0 Å². The molecule has 1 aromatic carbocycles. The molecule has 2 nitrogen and oxygen atoms in total. The molecular weight excluding hydrogens is 176 g/mol. The zero-order valence-corrected chi connectivity index (χ0v) is 8.03. The summed E-state index contributed by atoms with van der Waals surface area (Å²) in [7, 11) is 0. The van der Waals surface area contributed by atoms with Crippen LogP contribution in [0.25, 0.3) is 0 Å². The molecule has 0 saturated carbocycles. The molecule has 1 N–H and O–H groups in total. The summed E-state index contributed by atoms with van der Waals surface area (Å²) < 4.78 is 0. The van der Waals surface area contributed by atoms with Crippen molar-refractivity contribution in [3.05, 3.63) is 53.3 Å². The fourth-order valence-corrected chi connectivity index (χ4v) is 1.10. The summed E-state index contributed by atoms with van der Waals surface area (Å²) in [5.41, 5.74) is 4.65. The zero-order valence-electron chi connectivity index (χ0n) is 8.03. The lowest BCUT2D eigenvalue weighted by molar-refractivity contribution is 0.112. The number of rotatable bonds is 3. The van der Waals surface area contributed by atoms with Gasteiger partial charge < -0.3 is 5.11 Å². The molecule has 1 rings (SSSR count). The van der Waals surface area contributed by atoms with Gasteiger partial charge in [-0.25, -0.2) is 0 Å². The third kappa shape index (κ3) is 2.19. The Kier molecular flexibility index (Phi) is 3.41. The standard InChI is InChI=1S/C12H12O2/c1-3-9(2)12(14)11-6-4-10(8-13)5-7-11/h4-8,12,14H,1H2,2H3. The summed E-state index contributed by atoms with van der Waals surface area (Å²) >= 11 is 0. The van der Waals surface area contributed by atoms with Gasteiger partial charge in [0.15, 0.2) is 0 Å². The fraction of sp³-hybridized carbons (Fsp3) is 0.167. The van der Waals surface area contributed by atoms with Gasteiger partial charge >= 0.3 is 0 Å². The van der Waals surface area contributed by atoms with Crippen LogP contribution in [0.15, 0.2) is 42.1 Å². The summed E-state index contributed by atoms with van der Waals surface area (Å²) in [6, 6.07) is 6.77. The minimum absolute atomic E-state index is 0.598. The van der Waals surface area contributed by atoms with E-state index in [9.17, 15) is 9.90 Å². The highest BCUT2D eigenvalue weighted by atomic mass is 16.3. The quantitative estimate of drug-likeness (QED) is 0.583. The van der Waals surface area contributed by atoms with E-state index in [2.05, 4.69) is 12.3 Å². The van der Waals surface area contributed by atoms with Crippen molar-refractivity contribution in [1.29, 1.82) is 0 Å². The van der Waals surface area contributed by atoms with Crippen LogP contribution < -0.4 is 0 Å². The van der Waals surface area contributed by atoms with Crippen LogP contribution in [0.1, 0.15) is 28.9 Å². The minimum atomic E-state index is -0.687. The van der Waals surface area contributed by atoms with Gasteiger partial charge in [0.25, 0.3) is 0 Å². The van der Waals surface area contributed by atoms with Gasteiger partial charge in [0.05, 0.1) is 0 Å². The highest BCUT2D eigenvalue weighted by Gasteiger charge is 2.08. The highest BCUT2D eigenvalue weighted by Crippen LogP contribution is 2.19. The van der Waals surface area contributed by atoms with Gasteiger partial charge in [-0.2, -0.15) is 0 Å². The monoisotopic (exact) mass is 188 g/mol. The molecule has 0 amide bonds. The zero-order chi connectivity index (χ0) is 10.6. The van der Waals surface area contributed by atoms with Crippen LogP contribution in [0.2, 0.25) is 0 Å². The number of aldehydes is 1. The molecule has 0 aliphatic rings. The second-order valence-electron chi connectivity index (χ2n) is 3.05. The maximum Gasteiger partial charge on any atom is 0.150 e. The van der Waals surface area contributed by atoms with Crippen molar-refractivity contribution < 1.29 is 9.90 Å². The number of carbonyl (C=O) groups is 1. The van der Waals surface area contributed by atoms with E-state index in [1.54, 1.807) is 31.2 Å². The predicted molar refractivity (Wildman–Crippen MR) is 55.1 cm³/mol. The second-order valence-corrected chi connectivity index (χ2v) is 3.05. The van der Waals surface area contributed by atoms with E-state index in [4.69, 9.17) is 0 Å². The van der Waals surface area contributed by atoms with E-state index in [1.807, 2.05) is 0 Å². The van der Waals surface area contributed by atoms with Crippen LogP contribution in [0, 0.1) is 0 Å². The van der Waals surface area contributed by atoms with E-state index in [0.717, 1.165) is 11.8 Å². The number of hydrogen-bond donors (Lipinski definition) is 1. The van der Waals surface area contributed by atoms with Crippen molar-refractivity contribution in [1.82, 2.24) is 0 Å². The maximum absolute atomic E-state index is 10.4. The average molecular weight is 188 g/mol. The Bertz CT molecular complexity index is 370. The lowest BCUT2D eigenvalue weighted by Gasteiger charge is -2.09. The molecule has 0 heterocycles. The predicted octanol–water partition coefficient (Wildman–Crippen LogP) is 2.26. The molecule has 0 aliphatic carbocycles. The first-order valence-electron chi connectivity index (χ1n) is 4.28. The molecule has 0 bridgehead atoms. The van der Waals surface area contributed by atoms with Crippen molar-refractivity contribution >= 4 is 6.29 Å².